The Morgan fingerprint density at radius 2 is 1.67 bits per heavy atom. The van der Waals surface area contributed by atoms with E-state index in [0.29, 0.717) is 29.9 Å². The monoisotopic (exact) mass is 773 g/mol. The first kappa shape index (κ1) is 38.9. The van der Waals surface area contributed by atoms with Crippen molar-refractivity contribution >= 4 is 31.5 Å². The summed E-state index contributed by atoms with van der Waals surface area (Å²) in [6.45, 7) is 6.02. The van der Waals surface area contributed by atoms with Gasteiger partial charge in [-0.15, -0.1) is 5.10 Å². The summed E-state index contributed by atoms with van der Waals surface area (Å²) >= 11 is 0. The van der Waals surface area contributed by atoms with Gasteiger partial charge in [-0.1, -0.05) is 72.8 Å². The molecular formula is C39H47N5O10Si. The van der Waals surface area contributed by atoms with E-state index in [4.69, 9.17) is 9.47 Å². The van der Waals surface area contributed by atoms with Crippen LogP contribution < -0.4 is 10.2 Å². The number of nitrogens with zero attached hydrogens (tertiary/aromatic N) is 4. The van der Waals surface area contributed by atoms with Gasteiger partial charge in [0.2, 0.25) is 0 Å². The molecule has 0 aliphatic carbocycles. The zero-order valence-electron chi connectivity index (χ0n) is 30.7. The fourth-order valence-electron chi connectivity index (χ4n) is 8.54. The molecule has 0 bridgehead atoms. The highest BCUT2D eigenvalue weighted by Gasteiger charge is 2.66. The van der Waals surface area contributed by atoms with Crippen molar-refractivity contribution in [2.45, 2.75) is 93.4 Å². The molecule has 292 valence electrons. The molecule has 4 aromatic rings. The number of aryl methyl sites for hydroxylation is 1. The zero-order valence-corrected chi connectivity index (χ0v) is 31.7. The molecule has 0 radical (unpaired) electrons. The third kappa shape index (κ3) is 7.14. The minimum absolute atomic E-state index is 0.147. The van der Waals surface area contributed by atoms with Crippen LogP contribution in [0, 0.1) is 5.92 Å². The van der Waals surface area contributed by atoms with Gasteiger partial charge in [0.1, 0.15) is 18.3 Å². The third-order valence-corrected chi connectivity index (χ3v) is 13.7. The van der Waals surface area contributed by atoms with Crippen LogP contribution in [0.5, 0.6) is 0 Å². The van der Waals surface area contributed by atoms with Gasteiger partial charge in [-0.25, -0.2) is 0 Å². The molecule has 15 nitrogen and oxygen atoms in total. The highest BCUT2D eigenvalue weighted by molar-refractivity contribution is 6.71. The number of carbonyl (C=O) groups excluding carboxylic acids is 2. The number of benzene rings is 3. The molecular weight excluding hydrogens is 727 g/mol. The zero-order chi connectivity index (χ0) is 39.2. The van der Waals surface area contributed by atoms with Crippen molar-refractivity contribution in [2.24, 2.45) is 5.92 Å². The normalized spacial score (nSPS) is 29.8. The van der Waals surface area contributed by atoms with E-state index in [2.05, 4.69) is 15.6 Å². The van der Waals surface area contributed by atoms with Crippen LogP contribution in [0.15, 0.2) is 85.1 Å². The molecule has 7 N–H and O–H groups in total. The van der Waals surface area contributed by atoms with E-state index in [1.807, 2.05) is 80.7 Å². The number of anilines is 2. The average molecular weight is 774 g/mol. The first-order valence-electron chi connectivity index (χ1n) is 18.4. The van der Waals surface area contributed by atoms with Crippen LogP contribution in [-0.2, 0) is 37.8 Å². The molecule has 3 aliphatic rings. The fraction of sp³-hybridized carbons (Fsp3) is 0.436. The van der Waals surface area contributed by atoms with Gasteiger partial charge in [0.25, 0.3) is 11.8 Å². The second-order valence-corrected chi connectivity index (χ2v) is 19.2. The molecule has 4 heterocycles. The molecule has 55 heavy (non-hydrogen) atoms. The lowest BCUT2D eigenvalue weighted by Crippen LogP contribution is -2.60. The summed E-state index contributed by atoms with van der Waals surface area (Å²) in [6.07, 6.45) is -7.48. The third-order valence-electron chi connectivity index (χ3n) is 11.2. The number of amides is 2. The Kier molecular flexibility index (Phi) is 10.8. The SMILES string of the molecule is C[C@@H]1[C@@H]([Si](C)(C)O)[C@H](CCn2cc(C(CO)c3ccccc3)nn2)O[C@@]12C(=O)N(Cc1ccccc1)c1ccc(NC(=O)[C@H]3O[C@@H](O)[C@H](O)[C@@H](O)[C@@H]3O)cc12. The highest BCUT2D eigenvalue weighted by Crippen LogP contribution is 2.60. The molecule has 16 heteroatoms. The number of aliphatic hydroxyl groups is 5. The number of nitrogens with one attached hydrogen (secondary N) is 1. The lowest BCUT2D eigenvalue weighted by molar-refractivity contribution is -0.274. The maximum Gasteiger partial charge on any atom is 0.264 e. The Balaban J connectivity index is 1.20. The smallest absolute Gasteiger partial charge is 0.264 e. The van der Waals surface area contributed by atoms with Crippen LogP contribution in [-0.4, -0.2) is 109 Å². The number of hydrogen-bond donors (Lipinski definition) is 7. The molecule has 7 rings (SSSR count). The first-order chi connectivity index (χ1) is 26.2. The lowest BCUT2D eigenvalue weighted by atomic mass is 9.82. The van der Waals surface area contributed by atoms with E-state index < -0.39 is 68.1 Å². The molecule has 10 atom stereocenters. The van der Waals surface area contributed by atoms with Gasteiger partial charge >= 0.3 is 0 Å². The summed E-state index contributed by atoms with van der Waals surface area (Å²) in [7, 11) is -3.04. The van der Waals surface area contributed by atoms with Crippen LogP contribution in [0.2, 0.25) is 18.6 Å². The predicted molar refractivity (Wildman–Crippen MR) is 201 cm³/mol. The summed E-state index contributed by atoms with van der Waals surface area (Å²) in [5.41, 5.74) is 1.73. The maximum atomic E-state index is 14.9. The van der Waals surface area contributed by atoms with Crippen molar-refractivity contribution in [2.75, 3.05) is 16.8 Å². The molecule has 1 aromatic heterocycles. The van der Waals surface area contributed by atoms with Gasteiger partial charge in [0.05, 0.1) is 36.6 Å². The highest BCUT2D eigenvalue weighted by atomic mass is 28.4. The molecule has 1 unspecified atom stereocenters. The van der Waals surface area contributed by atoms with E-state index >= 15 is 0 Å². The van der Waals surface area contributed by atoms with Gasteiger partial charge in [-0.3, -0.25) is 14.3 Å². The van der Waals surface area contributed by atoms with Crippen molar-refractivity contribution in [3.8, 4) is 0 Å². The van der Waals surface area contributed by atoms with E-state index in [0.717, 1.165) is 11.1 Å². The maximum absolute atomic E-state index is 14.9. The Morgan fingerprint density at radius 1 is 0.982 bits per heavy atom. The van der Waals surface area contributed by atoms with Crippen molar-refractivity contribution in [3.05, 3.63) is 107 Å². The number of hydrogen-bond acceptors (Lipinski definition) is 12. The second-order valence-electron chi connectivity index (χ2n) is 15.2. The van der Waals surface area contributed by atoms with Crippen LogP contribution in [0.25, 0.3) is 0 Å². The molecule has 0 saturated carbocycles. The summed E-state index contributed by atoms with van der Waals surface area (Å²) in [4.78, 5) is 41.7. The molecule has 3 aliphatic heterocycles. The number of aromatic nitrogens is 3. The van der Waals surface area contributed by atoms with Crippen molar-refractivity contribution in [3.63, 3.8) is 0 Å². The molecule has 2 saturated heterocycles. The number of rotatable bonds is 11. The van der Waals surface area contributed by atoms with Crippen LogP contribution in [0.1, 0.15) is 41.6 Å². The Morgan fingerprint density at radius 3 is 2.35 bits per heavy atom. The second kappa shape index (κ2) is 15.3. The van der Waals surface area contributed by atoms with E-state index in [1.54, 1.807) is 34.0 Å². The van der Waals surface area contributed by atoms with Gasteiger partial charge in [-0.05, 0) is 48.8 Å². The van der Waals surface area contributed by atoms with Crippen LogP contribution in [0.3, 0.4) is 0 Å². The number of fused-ring (bicyclic) bond motifs is 2. The first-order valence-corrected chi connectivity index (χ1v) is 21.4. The van der Waals surface area contributed by atoms with E-state index in [-0.39, 0.29) is 30.7 Å². The molecule has 2 amide bonds. The summed E-state index contributed by atoms with van der Waals surface area (Å²) in [5.74, 6) is -2.07. The molecule has 2 fully saturated rings. The lowest BCUT2D eigenvalue weighted by Gasteiger charge is -2.37. The van der Waals surface area contributed by atoms with Crippen molar-refractivity contribution in [1.82, 2.24) is 15.0 Å². The van der Waals surface area contributed by atoms with Crippen LogP contribution >= 0.6 is 0 Å². The Labute approximate surface area is 318 Å². The van der Waals surface area contributed by atoms with Gasteiger partial charge in [0, 0.05) is 35.5 Å². The summed E-state index contributed by atoms with van der Waals surface area (Å²) in [5, 5.41) is 62.1. The van der Waals surface area contributed by atoms with E-state index in [1.165, 1.54) is 0 Å². The Bertz CT molecular complexity index is 2000. The predicted octanol–water partition coefficient (Wildman–Crippen LogP) is 1.58. The minimum atomic E-state index is -3.04. The topological polar surface area (TPSA) is 220 Å². The largest absolute Gasteiger partial charge is 0.432 e. The fourth-order valence-corrected chi connectivity index (χ4v) is 11.1. The van der Waals surface area contributed by atoms with Crippen LogP contribution in [0.4, 0.5) is 11.4 Å². The van der Waals surface area contributed by atoms with Gasteiger partial charge < -0.3 is 50.0 Å². The average Bonchev–Trinajstić information content (AvgIpc) is 3.82. The van der Waals surface area contributed by atoms with Gasteiger partial charge in [-0.2, -0.15) is 0 Å². The quantitative estimate of drug-likeness (QED) is 0.108. The number of aliphatic hydroxyl groups excluding tert-OH is 5. The summed E-state index contributed by atoms with van der Waals surface area (Å²) < 4.78 is 13.8. The number of ether oxygens (including phenoxy) is 2. The molecule has 1 spiro atoms. The van der Waals surface area contributed by atoms with Crippen molar-refractivity contribution in [1.29, 1.82) is 0 Å². The van der Waals surface area contributed by atoms with E-state index in [9.17, 15) is 39.9 Å². The van der Waals surface area contributed by atoms with Gasteiger partial charge in [0.15, 0.2) is 26.3 Å². The van der Waals surface area contributed by atoms with Crippen molar-refractivity contribution < 1.29 is 49.4 Å². The number of carbonyl (C=O) groups is 2. The molecule has 3 aromatic carbocycles. The minimum Gasteiger partial charge on any atom is -0.432 e. The standard InChI is InChI=1S/C39H47N5O10Si/c1-22-35(55(2,3)52)30(16-17-43-20-28(41-42-43)26(21-45)24-12-8-5-9-13-24)54-39(22)27-18-25(40-36(49)34-32(47)31(46)33(48)37(50)53-34)14-15-29(27)44(38(39)51)19-23-10-6-4-7-11-23/h4-15,18,20,22,26,30-35,37,45-48,50,52H,16-17,19,21H2,1-3H3,(H,40,49)/t22-,26?,30+,31+,32+,33-,34+,35-,37-,39+/m1/s1. The Hall–Kier alpha value is -4.36. The summed E-state index contributed by atoms with van der Waals surface area (Å²) in [6, 6.07) is 24.0.